The Morgan fingerprint density at radius 1 is 1.00 bits per heavy atom. The first-order valence-electron chi connectivity index (χ1n) is 16.0. The van der Waals surface area contributed by atoms with Crippen molar-refractivity contribution in [1.29, 1.82) is 0 Å². The third kappa shape index (κ3) is 8.35. The number of amides is 2. The van der Waals surface area contributed by atoms with E-state index in [9.17, 15) is 27.9 Å². The molecule has 0 aliphatic carbocycles. The van der Waals surface area contributed by atoms with Crippen LogP contribution in [0.3, 0.4) is 0 Å². The van der Waals surface area contributed by atoms with Gasteiger partial charge in [-0.3, -0.25) is 9.59 Å². The number of hydrogen-bond acceptors (Lipinski definition) is 7. The Morgan fingerprint density at radius 2 is 1.76 bits per heavy atom. The van der Waals surface area contributed by atoms with Gasteiger partial charge in [0.1, 0.15) is 6.04 Å². The molecule has 3 heterocycles. The summed E-state index contributed by atoms with van der Waals surface area (Å²) < 4.78 is 54.1. The van der Waals surface area contributed by atoms with Crippen LogP contribution in [0.5, 0.6) is 0 Å². The van der Waals surface area contributed by atoms with Gasteiger partial charge in [-0.1, -0.05) is 72.4 Å². The van der Waals surface area contributed by atoms with Crippen LogP contribution < -0.4 is 5.32 Å². The van der Waals surface area contributed by atoms with Crippen LogP contribution in [0.15, 0.2) is 90.3 Å². The number of carbonyl (C=O) groups excluding carboxylic acids is 2. The van der Waals surface area contributed by atoms with Crippen LogP contribution >= 0.6 is 11.8 Å². The smallest absolute Gasteiger partial charge is 0.392 e. The number of aliphatic hydroxyl groups is 1. The largest absolute Gasteiger partial charge is 0.471 e. The van der Waals surface area contributed by atoms with Crippen LogP contribution in [0.25, 0.3) is 11.1 Å². The molecule has 2 aliphatic heterocycles. The molecule has 1 aromatic heterocycles. The summed E-state index contributed by atoms with van der Waals surface area (Å²) in [5, 5.41) is 13.1. The van der Waals surface area contributed by atoms with Gasteiger partial charge in [0.2, 0.25) is 5.91 Å². The minimum absolute atomic E-state index is 0.0388. The van der Waals surface area contributed by atoms with Crippen molar-refractivity contribution < 1.29 is 37.3 Å². The molecule has 4 atom stereocenters. The van der Waals surface area contributed by atoms with Crippen molar-refractivity contribution >= 4 is 23.6 Å². The molecule has 2 saturated heterocycles. The van der Waals surface area contributed by atoms with Gasteiger partial charge in [-0.05, 0) is 52.8 Å². The summed E-state index contributed by atoms with van der Waals surface area (Å²) in [5.74, 6) is -1.92. The molecule has 49 heavy (non-hydrogen) atoms. The van der Waals surface area contributed by atoms with Crippen LogP contribution in [0.4, 0.5) is 13.2 Å². The lowest BCUT2D eigenvalue weighted by Gasteiger charge is -2.36. The SMILES string of the molecule is Cn1ccnc1SCC1CC(c2ccc(CO)cc2)OC(c2cccc(-c3cccc(CNC(=O)C4CCCN4C(=O)C(F)(F)F)c3)c2)O1. The Balaban J connectivity index is 1.16. The summed E-state index contributed by atoms with van der Waals surface area (Å²) in [6, 6.07) is 21.9. The number of ether oxygens (including phenoxy) is 2. The van der Waals surface area contributed by atoms with Crippen LogP contribution in [0.2, 0.25) is 0 Å². The quantitative estimate of drug-likeness (QED) is 0.194. The number of aryl methyl sites for hydroxylation is 1. The molecule has 4 aromatic rings. The average Bonchev–Trinajstić information content (AvgIpc) is 3.78. The fourth-order valence-electron chi connectivity index (χ4n) is 6.16. The van der Waals surface area contributed by atoms with E-state index >= 15 is 0 Å². The van der Waals surface area contributed by atoms with E-state index in [4.69, 9.17) is 9.47 Å². The van der Waals surface area contributed by atoms with Crippen molar-refractivity contribution in [2.24, 2.45) is 7.05 Å². The fraction of sp³-hybridized carbons (Fsp3) is 0.361. The highest BCUT2D eigenvalue weighted by atomic mass is 32.2. The Hall–Kier alpha value is -4.17. The molecule has 2 fully saturated rings. The molecule has 9 nitrogen and oxygen atoms in total. The third-order valence-corrected chi connectivity index (χ3v) is 9.92. The zero-order valence-corrected chi connectivity index (χ0v) is 27.6. The van der Waals surface area contributed by atoms with Gasteiger partial charge in [-0.25, -0.2) is 4.98 Å². The van der Waals surface area contributed by atoms with E-state index in [2.05, 4.69) is 10.3 Å². The Morgan fingerprint density at radius 3 is 2.47 bits per heavy atom. The van der Waals surface area contributed by atoms with Crippen molar-refractivity contribution in [3.05, 3.63) is 107 Å². The van der Waals surface area contributed by atoms with E-state index in [1.807, 2.05) is 90.6 Å². The molecular weight excluding hydrogens is 657 g/mol. The summed E-state index contributed by atoms with van der Waals surface area (Å²) in [5.41, 5.74) is 5.16. The molecule has 0 bridgehead atoms. The summed E-state index contributed by atoms with van der Waals surface area (Å²) >= 11 is 1.62. The Labute approximate surface area is 286 Å². The normalized spacial score (nSPS) is 21.1. The third-order valence-electron chi connectivity index (χ3n) is 8.73. The zero-order chi connectivity index (χ0) is 34.5. The first-order chi connectivity index (χ1) is 23.6. The summed E-state index contributed by atoms with van der Waals surface area (Å²) in [7, 11) is 1.95. The van der Waals surface area contributed by atoms with E-state index in [0.717, 1.165) is 38.5 Å². The van der Waals surface area contributed by atoms with Gasteiger partial charge >= 0.3 is 12.1 Å². The van der Waals surface area contributed by atoms with E-state index in [1.54, 1.807) is 18.0 Å². The zero-order valence-electron chi connectivity index (χ0n) is 26.8. The standard InChI is InChI=1S/C36H37F3N4O5S/c1-42-16-14-40-35(42)49-22-29-19-31(25-12-10-23(21-44)11-13-25)48-33(47-29)28-8-3-7-27(18-28)26-6-2-5-24(17-26)20-41-32(45)30-9-4-15-43(30)34(46)36(37,38)39/h2-3,5-8,10-14,16-18,29-31,33,44H,4,9,15,19-22H2,1H3,(H,41,45). The average molecular weight is 695 g/mol. The van der Waals surface area contributed by atoms with Gasteiger partial charge in [-0.15, -0.1) is 0 Å². The number of aromatic nitrogens is 2. The maximum Gasteiger partial charge on any atom is 0.471 e. The molecule has 6 rings (SSSR count). The molecule has 2 aliphatic rings. The second kappa shape index (κ2) is 15.2. The summed E-state index contributed by atoms with van der Waals surface area (Å²) in [6.45, 7) is -0.0437. The van der Waals surface area contributed by atoms with Crippen molar-refractivity contribution in [2.75, 3.05) is 12.3 Å². The number of carbonyl (C=O) groups is 2. The minimum Gasteiger partial charge on any atom is -0.392 e. The topological polar surface area (TPSA) is 106 Å². The Bertz CT molecular complexity index is 1770. The number of aliphatic hydroxyl groups excluding tert-OH is 1. The fourth-order valence-corrected chi connectivity index (χ4v) is 7.11. The highest BCUT2D eigenvalue weighted by molar-refractivity contribution is 7.99. The number of alkyl halides is 3. The number of nitrogens with zero attached hydrogens (tertiary/aromatic N) is 3. The summed E-state index contributed by atoms with van der Waals surface area (Å²) in [4.78, 5) is 29.7. The summed E-state index contributed by atoms with van der Waals surface area (Å²) in [6.07, 6.45) is -1.23. The number of rotatable bonds is 10. The van der Waals surface area contributed by atoms with Crippen molar-refractivity contribution in [3.63, 3.8) is 0 Å². The minimum atomic E-state index is -5.02. The maximum absolute atomic E-state index is 13.0. The lowest BCUT2D eigenvalue weighted by atomic mass is 9.99. The predicted octanol–water partition coefficient (Wildman–Crippen LogP) is 6.09. The maximum atomic E-state index is 13.0. The molecule has 4 unspecified atom stereocenters. The first-order valence-corrected chi connectivity index (χ1v) is 17.0. The molecule has 0 saturated carbocycles. The Kier molecular flexibility index (Phi) is 10.7. The number of likely N-dealkylation sites (tertiary alicyclic amines) is 1. The highest BCUT2D eigenvalue weighted by Gasteiger charge is 2.47. The second-order valence-corrected chi connectivity index (χ2v) is 13.2. The number of imidazole rings is 1. The molecule has 3 aromatic carbocycles. The molecule has 2 N–H and O–H groups in total. The van der Waals surface area contributed by atoms with Gasteiger partial charge in [-0.2, -0.15) is 13.2 Å². The molecule has 2 amide bonds. The molecule has 258 valence electrons. The van der Waals surface area contributed by atoms with E-state index in [-0.39, 0.29) is 38.3 Å². The number of hydrogen-bond donors (Lipinski definition) is 2. The molecule has 13 heteroatoms. The van der Waals surface area contributed by atoms with Gasteiger partial charge in [0, 0.05) is 50.3 Å². The van der Waals surface area contributed by atoms with Crippen molar-refractivity contribution in [3.8, 4) is 11.1 Å². The highest BCUT2D eigenvalue weighted by Crippen LogP contribution is 2.40. The molecule has 0 spiro atoms. The van der Waals surface area contributed by atoms with Gasteiger partial charge in [0.05, 0.1) is 18.8 Å². The van der Waals surface area contributed by atoms with Gasteiger partial charge < -0.3 is 29.4 Å². The molecule has 0 radical (unpaired) electrons. The van der Waals surface area contributed by atoms with Crippen LogP contribution in [0.1, 0.15) is 53.9 Å². The molecular formula is C36H37F3N4O5S. The van der Waals surface area contributed by atoms with Crippen molar-refractivity contribution in [2.45, 2.75) is 68.3 Å². The lowest BCUT2D eigenvalue weighted by Crippen LogP contribution is -2.50. The van der Waals surface area contributed by atoms with Crippen LogP contribution in [-0.2, 0) is 39.3 Å². The van der Waals surface area contributed by atoms with E-state index < -0.39 is 30.3 Å². The van der Waals surface area contributed by atoms with Crippen LogP contribution in [0, 0.1) is 0 Å². The number of benzene rings is 3. The lowest BCUT2D eigenvalue weighted by molar-refractivity contribution is -0.245. The predicted molar refractivity (Wildman–Crippen MR) is 177 cm³/mol. The van der Waals surface area contributed by atoms with Gasteiger partial charge in [0.15, 0.2) is 11.4 Å². The number of thioether (sulfide) groups is 1. The number of halogens is 3. The van der Waals surface area contributed by atoms with E-state index in [0.29, 0.717) is 23.5 Å². The monoisotopic (exact) mass is 694 g/mol. The second-order valence-electron chi connectivity index (χ2n) is 12.2. The first kappa shape index (κ1) is 34.7. The van der Waals surface area contributed by atoms with Crippen molar-refractivity contribution in [1.82, 2.24) is 19.8 Å². The van der Waals surface area contributed by atoms with E-state index in [1.165, 1.54) is 0 Å². The van der Waals surface area contributed by atoms with Crippen LogP contribution in [-0.4, -0.2) is 62.0 Å². The van der Waals surface area contributed by atoms with Gasteiger partial charge in [0.25, 0.3) is 0 Å². The number of nitrogens with one attached hydrogen (secondary N) is 1.